The van der Waals surface area contributed by atoms with E-state index in [2.05, 4.69) is 20.3 Å². The Kier molecular flexibility index (Phi) is 3.87. The zero-order valence-electron chi connectivity index (χ0n) is 11.5. The third kappa shape index (κ3) is 3.41. The van der Waals surface area contributed by atoms with E-state index in [0.717, 1.165) is 21.8 Å². The topological polar surface area (TPSA) is 70.7 Å². The molecule has 3 rings (SSSR count). The number of amides is 1. The van der Waals surface area contributed by atoms with E-state index in [1.165, 1.54) is 11.8 Å². The number of nitrogens with zero attached hydrogens (tertiary/aromatic N) is 2. The minimum atomic E-state index is -0.100. The number of imidazole rings is 1. The first-order valence-electron chi connectivity index (χ1n) is 6.51. The van der Waals surface area contributed by atoms with Crippen molar-refractivity contribution in [1.29, 1.82) is 0 Å². The van der Waals surface area contributed by atoms with Gasteiger partial charge in [-0.3, -0.25) is 4.79 Å². The molecule has 0 bridgehead atoms. The van der Waals surface area contributed by atoms with Crippen LogP contribution in [0.15, 0.2) is 47.8 Å². The van der Waals surface area contributed by atoms with Crippen LogP contribution in [-0.2, 0) is 4.79 Å². The maximum atomic E-state index is 11.9. The molecule has 5 nitrogen and oxygen atoms in total. The lowest BCUT2D eigenvalue weighted by molar-refractivity contribution is -0.113. The van der Waals surface area contributed by atoms with Gasteiger partial charge in [-0.2, -0.15) is 0 Å². The summed E-state index contributed by atoms with van der Waals surface area (Å²) in [4.78, 5) is 23.6. The normalized spacial score (nSPS) is 10.7. The van der Waals surface area contributed by atoms with E-state index >= 15 is 0 Å². The lowest BCUT2D eigenvalue weighted by Gasteiger charge is -2.03. The van der Waals surface area contributed by atoms with Crippen LogP contribution in [-0.4, -0.2) is 26.6 Å². The van der Waals surface area contributed by atoms with E-state index in [0.29, 0.717) is 5.82 Å². The second-order valence-corrected chi connectivity index (χ2v) is 5.58. The standard InChI is InChI=1S/C15H14N4OS/c1-10-6-7-13(16-8-10)19-14(20)9-21-15-17-11-4-2-3-5-12(11)18-15/h2-8H,9H2,1H3,(H,17,18)(H,16,19,20). The number of H-pyrrole nitrogens is 1. The van der Waals surface area contributed by atoms with Crippen molar-refractivity contribution in [3.05, 3.63) is 48.2 Å². The van der Waals surface area contributed by atoms with Crippen LogP contribution < -0.4 is 5.32 Å². The van der Waals surface area contributed by atoms with Crippen LogP contribution in [0.1, 0.15) is 5.56 Å². The fourth-order valence-corrected chi connectivity index (χ4v) is 2.54. The van der Waals surface area contributed by atoms with Crippen molar-refractivity contribution in [1.82, 2.24) is 15.0 Å². The number of aromatic nitrogens is 3. The van der Waals surface area contributed by atoms with Gasteiger partial charge in [0.25, 0.3) is 0 Å². The van der Waals surface area contributed by atoms with Gasteiger partial charge in [0.05, 0.1) is 16.8 Å². The Morgan fingerprint density at radius 2 is 2.14 bits per heavy atom. The Balaban J connectivity index is 1.59. The van der Waals surface area contributed by atoms with E-state index in [9.17, 15) is 4.79 Å². The van der Waals surface area contributed by atoms with Crippen molar-refractivity contribution in [3.8, 4) is 0 Å². The number of aryl methyl sites for hydroxylation is 1. The molecule has 2 heterocycles. The highest BCUT2D eigenvalue weighted by atomic mass is 32.2. The molecule has 106 valence electrons. The van der Waals surface area contributed by atoms with Crippen LogP contribution in [0, 0.1) is 6.92 Å². The molecule has 0 fully saturated rings. The molecule has 0 aliphatic carbocycles. The molecule has 0 atom stereocenters. The molecule has 0 aliphatic heterocycles. The second kappa shape index (κ2) is 5.97. The van der Waals surface area contributed by atoms with Crippen molar-refractivity contribution in [3.63, 3.8) is 0 Å². The van der Waals surface area contributed by atoms with Crippen molar-refractivity contribution >= 4 is 34.5 Å². The first kappa shape index (κ1) is 13.6. The zero-order chi connectivity index (χ0) is 14.7. The number of benzene rings is 1. The van der Waals surface area contributed by atoms with E-state index in [1.54, 1.807) is 12.3 Å². The fourth-order valence-electron chi connectivity index (χ4n) is 1.85. The Morgan fingerprint density at radius 3 is 2.90 bits per heavy atom. The minimum Gasteiger partial charge on any atom is -0.333 e. The number of fused-ring (bicyclic) bond motifs is 1. The third-order valence-electron chi connectivity index (χ3n) is 2.89. The van der Waals surface area contributed by atoms with Gasteiger partial charge in [0.2, 0.25) is 5.91 Å². The lowest BCUT2D eigenvalue weighted by Crippen LogP contribution is -2.15. The molecule has 0 saturated heterocycles. The van der Waals surface area contributed by atoms with Gasteiger partial charge in [-0.15, -0.1) is 0 Å². The molecule has 0 unspecified atom stereocenters. The number of hydrogen-bond donors (Lipinski definition) is 2. The molecular weight excluding hydrogens is 284 g/mol. The number of anilines is 1. The maximum absolute atomic E-state index is 11.9. The second-order valence-electron chi connectivity index (χ2n) is 4.62. The summed E-state index contributed by atoms with van der Waals surface area (Å²) < 4.78 is 0. The summed E-state index contributed by atoms with van der Waals surface area (Å²) in [6.07, 6.45) is 1.72. The van der Waals surface area contributed by atoms with E-state index in [1.807, 2.05) is 37.3 Å². The number of hydrogen-bond acceptors (Lipinski definition) is 4. The van der Waals surface area contributed by atoms with Gasteiger partial charge < -0.3 is 10.3 Å². The monoisotopic (exact) mass is 298 g/mol. The van der Waals surface area contributed by atoms with Crippen LogP contribution in [0.4, 0.5) is 5.82 Å². The number of aromatic amines is 1. The van der Waals surface area contributed by atoms with E-state index in [-0.39, 0.29) is 11.7 Å². The summed E-state index contributed by atoms with van der Waals surface area (Å²) in [5, 5.41) is 3.50. The molecule has 0 saturated carbocycles. The Hall–Kier alpha value is -2.34. The third-order valence-corrected chi connectivity index (χ3v) is 3.76. The average molecular weight is 298 g/mol. The SMILES string of the molecule is Cc1ccc(NC(=O)CSc2nc3ccccc3[nH]2)nc1. The summed E-state index contributed by atoms with van der Waals surface area (Å²) >= 11 is 1.37. The van der Waals surface area contributed by atoms with Gasteiger partial charge >= 0.3 is 0 Å². The van der Waals surface area contributed by atoms with Gasteiger partial charge in [-0.25, -0.2) is 9.97 Å². The molecule has 2 aromatic heterocycles. The average Bonchev–Trinajstić information content (AvgIpc) is 2.90. The smallest absolute Gasteiger partial charge is 0.236 e. The van der Waals surface area contributed by atoms with E-state index in [4.69, 9.17) is 0 Å². The first-order valence-corrected chi connectivity index (χ1v) is 7.49. The van der Waals surface area contributed by atoms with Crippen molar-refractivity contribution < 1.29 is 4.79 Å². The summed E-state index contributed by atoms with van der Waals surface area (Å²) in [5.41, 5.74) is 2.94. The molecule has 0 aliphatic rings. The van der Waals surface area contributed by atoms with Gasteiger partial charge in [0.1, 0.15) is 5.82 Å². The number of rotatable bonds is 4. The minimum absolute atomic E-state index is 0.100. The van der Waals surface area contributed by atoms with E-state index < -0.39 is 0 Å². The molecule has 6 heteroatoms. The molecule has 21 heavy (non-hydrogen) atoms. The molecule has 2 N–H and O–H groups in total. The van der Waals surface area contributed by atoms with Gasteiger partial charge in [-0.05, 0) is 30.7 Å². The molecule has 3 aromatic rings. The van der Waals surface area contributed by atoms with Crippen LogP contribution in [0.25, 0.3) is 11.0 Å². The predicted octanol–water partition coefficient (Wildman–Crippen LogP) is 3.00. The summed E-state index contributed by atoms with van der Waals surface area (Å²) in [6.45, 7) is 1.95. The van der Waals surface area contributed by atoms with Crippen LogP contribution >= 0.6 is 11.8 Å². The fraction of sp³-hybridized carbons (Fsp3) is 0.133. The van der Waals surface area contributed by atoms with Crippen LogP contribution in [0.2, 0.25) is 0 Å². The first-order chi connectivity index (χ1) is 10.2. The molecular formula is C15H14N4OS. The predicted molar refractivity (Wildman–Crippen MR) is 84.4 cm³/mol. The molecule has 1 amide bonds. The summed E-state index contributed by atoms with van der Waals surface area (Å²) in [6, 6.07) is 11.5. The van der Waals surface area contributed by atoms with Crippen LogP contribution in [0.5, 0.6) is 0 Å². The highest BCUT2D eigenvalue weighted by molar-refractivity contribution is 7.99. The summed E-state index contributed by atoms with van der Waals surface area (Å²) in [7, 11) is 0. The number of thioether (sulfide) groups is 1. The maximum Gasteiger partial charge on any atom is 0.236 e. The number of carbonyl (C=O) groups excluding carboxylic acids is 1. The Bertz CT molecular complexity index is 734. The van der Waals surface area contributed by atoms with Gasteiger partial charge in [0.15, 0.2) is 5.16 Å². The summed E-state index contributed by atoms with van der Waals surface area (Å²) in [5.74, 6) is 0.752. The zero-order valence-corrected chi connectivity index (χ0v) is 12.3. The number of para-hydroxylation sites is 2. The molecule has 1 aromatic carbocycles. The molecule has 0 spiro atoms. The Labute approximate surface area is 126 Å². The molecule has 0 radical (unpaired) electrons. The lowest BCUT2D eigenvalue weighted by atomic mass is 10.3. The largest absolute Gasteiger partial charge is 0.333 e. The van der Waals surface area contributed by atoms with Crippen molar-refractivity contribution in [2.24, 2.45) is 0 Å². The number of carbonyl (C=O) groups is 1. The van der Waals surface area contributed by atoms with Crippen molar-refractivity contribution in [2.75, 3.05) is 11.1 Å². The quantitative estimate of drug-likeness (QED) is 0.726. The highest BCUT2D eigenvalue weighted by Gasteiger charge is 2.07. The van der Waals surface area contributed by atoms with Crippen LogP contribution in [0.3, 0.4) is 0 Å². The van der Waals surface area contributed by atoms with Crippen molar-refractivity contribution in [2.45, 2.75) is 12.1 Å². The highest BCUT2D eigenvalue weighted by Crippen LogP contribution is 2.19. The Morgan fingerprint density at radius 1 is 1.29 bits per heavy atom. The van der Waals surface area contributed by atoms with Gasteiger partial charge in [0, 0.05) is 6.20 Å². The number of nitrogens with one attached hydrogen (secondary N) is 2. The van der Waals surface area contributed by atoms with Gasteiger partial charge in [-0.1, -0.05) is 30.0 Å². The number of pyridine rings is 1.